The summed E-state index contributed by atoms with van der Waals surface area (Å²) in [4.78, 5) is 42.3. The highest BCUT2D eigenvalue weighted by Crippen LogP contribution is 2.23. The van der Waals surface area contributed by atoms with E-state index in [9.17, 15) is 22.8 Å². The fraction of sp³-hybridized carbons (Fsp3) is 0.583. The van der Waals surface area contributed by atoms with Crippen LogP contribution >= 0.6 is 0 Å². The molecule has 0 aliphatic carbocycles. The normalized spacial score (nSPS) is 19.8. The molecule has 0 saturated carbocycles. The highest BCUT2D eigenvalue weighted by Gasteiger charge is 2.40. The molecular weight excluding hydrogens is 484 g/mol. The molecule has 2 atom stereocenters. The van der Waals surface area contributed by atoms with Crippen molar-refractivity contribution in [3.05, 3.63) is 30.3 Å². The van der Waals surface area contributed by atoms with Crippen LogP contribution in [0.25, 0.3) is 0 Å². The molecular formula is C24H36N6O5S. The number of hydrogen-bond acceptors (Lipinski definition) is 6. The second-order valence-electron chi connectivity index (χ2n) is 9.81. The van der Waals surface area contributed by atoms with Gasteiger partial charge < -0.3 is 15.5 Å². The Bertz CT molecular complexity index is 1070. The van der Waals surface area contributed by atoms with E-state index in [1.54, 1.807) is 23.1 Å². The summed E-state index contributed by atoms with van der Waals surface area (Å²) in [5.41, 5.74) is 5.50. The summed E-state index contributed by atoms with van der Waals surface area (Å²) in [6.45, 7) is 5.02. The summed E-state index contributed by atoms with van der Waals surface area (Å²) in [6.07, 6.45) is 2.19. The molecule has 2 saturated heterocycles. The molecule has 11 nitrogen and oxygen atoms in total. The van der Waals surface area contributed by atoms with E-state index in [0.29, 0.717) is 45.3 Å². The first kappa shape index (κ1) is 27.6. The predicted molar refractivity (Wildman–Crippen MR) is 134 cm³/mol. The molecule has 2 aliphatic heterocycles. The first-order valence-electron chi connectivity index (χ1n) is 12.3. The number of piperidine rings is 1. The number of imide groups is 1. The zero-order valence-corrected chi connectivity index (χ0v) is 21.6. The van der Waals surface area contributed by atoms with Crippen molar-refractivity contribution in [2.75, 3.05) is 19.6 Å². The zero-order valence-electron chi connectivity index (χ0n) is 20.8. The minimum Gasteiger partial charge on any atom is -0.370 e. The summed E-state index contributed by atoms with van der Waals surface area (Å²) < 4.78 is 28.4. The minimum absolute atomic E-state index is 0.0229. The quantitative estimate of drug-likeness (QED) is 0.221. The number of nitrogens with one attached hydrogen (secondary N) is 3. The van der Waals surface area contributed by atoms with E-state index in [0.717, 1.165) is 0 Å². The van der Waals surface area contributed by atoms with Gasteiger partial charge >= 0.3 is 0 Å². The molecule has 0 unspecified atom stereocenters. The number of guanidine groups is 1. The number of sulfonamides is 1. The highest BCUT2D eigenvalue weighted by molar-refractivity contribution is 7.89. The SMILES string of the molecule is CC(C)C[C@@H](NS(=O)(=O)c1ccccc1)C(=O)N1CCC[C@H]1C(=O)NC(=O)C1CCN(C(=N)N)CC1. The van der Waals surface area contributed by atoms with Crippen LogP contribution in [-0.2, 0) is 24.4 Å². The maximum atomic E-state index is 13.5. The van der Waals surface area contributed by atoms with E-state index in [4.69, 9.17) is 11.1 Å². The maximum absolute atomic E-state index is 13.5. The minimum atomic E-state index is -3.94. The predicted octanol–water partition coefficient (Wildman–Crippen LogP) is 0.619. The van der Waals surface area contributed by atoms with Gasteiger partial charge in [-0.1, -0.05) is 32.0 Å². The monoisotopic (exact) mass is 520 g/mol. The molecule has 1 aromatic carbocycles. The standard InChI is InChI=1S/C24H36N6O5S/c1-16(2)15-19(28-36(34,35)18-7-4-3-5-8-18)23(33)30-12-6-9-20(30)22(32)27-21(31)17-10-13-29(14-11-17)24(25)26/h3-5,7-8,16-17,19-20,28H,6,9-15H2,1-2H3,(H3,25,26)(H,27,31,32)/t19-,20+/m1/s1. The number of carbonyl (C=O) groups excluding carboxylic acids is 3. The molecule has 0 spiro atoms. The summed E-state index contributed by atoms with van der Waals surface area (Å²) in [5, 5.41) is 9.96. The number of hydrogen-bond donors (Lipinski definition) is 4. The van der Waals surface area contributed by atoms with Gasteiger partial charge in [0.1, 0.15) is 12.1 Å². The third-order valence-electron chi connectivity index (χ3n) is 6.65. The lowest BCUT2D eigenvalue weighted by atomic mass is 9.96. The van der Waals surface area contributed by atoms with Gasteiger partial charge in [0.05, 0.1) is 4.90 Å². The van der Waals surface area contributed by atoms with Crippen LogP contribution in [-0.4, -0.2) is 73.6 Å². The Morgan fingerprint density at radius 3 is 2.28 bits per heavy atom. The molecule has 3 amide bonds. The molecule has 2 aliphatic rings. The first-order chi connectivity index (χ1) is 17.0. The van der Waals surface area contributed by atoms with E-state index < -0.39 is 39.8 Å². The molecule has 1 aromatic rings. The van der Waals surface area contributed by atoms with E-state index in [2.05, 4.69) is 10.0 Å². The van der Waals surface area contributed by atoms with Crippen LogP contribution in [0, 0.1) is 17.2 Å². The summed E-state index contributed by atoms with van der Waals surface area (Å²) in [5.74, 6) is -1.80. The summed E-state index contributed by atoms with van der Waals surface area (Å²) in [6, 6.07) is 5.96. The van der Waals surface area contributed by atoms with Gasteiger partial charge in [-0.15, -0.1) is 0 Å². The number of nitrogens with zero attached hydrogens (tertiary/aromatic N) is 2. The molecule has 36 heavy (non-hydrogen) atoms. The van der Waals surface area contributed by atoms with Crippen molar-refractivity contribution < 1.29 is 22.8 Å². The van der Waals surface area contributed by atoms with E-state index in [1.165, 1.54) is 17.0 Å². The maximum Gasteiger partial charge on any atom is 0.249 e. The van der Waals surface area contributed by atoms with E-state index >= 15 is 0 Å². The topological polar surface area (TPSA) is 166 Å². The van der Waals surface area contributed by atoms with Gasteiger partial charge in [-0.25, -0.2) is 8.42 Å². The lowest BCUT2D eigenvalue weighted by Crippen LogP contribution is -2.55. The van der Waals surface area contributed by atoms with Gasteiger partial charge in [-0.3, -0.25) is 25.1 Å². The van der Waals surface area contributed by atoms with Crippen LogP contribution in [0.5, 0.6) is 0 Å². The van der Waals surface area contributed by atoms with Gasteiger partial charge in [0.15, 0.2) is 5.96 Å². The summed E-state index contributed by atoms with van der Waals surface area (Å²) in [7, 11) is -3.94. The average Bonchev–Trinajstić information content (AvgIpc) is 3.33. The van der Waals surface area contributed by atoms with Crippen molar-refractivity contribution in [3.63, 3.8) is 0 Å². The van der Waals surface area contributed by atoms with Crippen LogP contribution in [0.2, 0.25) is 0 Å². The van der Waals surface area contributed by atoms with Gasteiger partial charge in [0.2, 0.25) is 27.7 Å². The summed E-state index contributed by atoms with van der Waals surface area (Å²) >= 11 is 0. The van der Waals surface area contributed by atoms with Gasteiger partial charge in [0.25, 0.3) is 0 Å². The number of carbonyl (C=O) groups is 3. The van der Waals surface area contributed by atoms with Crippen LogP contribution in [0.3, 0.4) is 0 Å². The van der Waals surface area contributed by atoms with Crippen molar-refractivity contribution >= 4 is 33.7 Å². The zero-order chi connectivity index (χ0) is 26.5. The molecule has 5 N–H and O–H groups in total. The molecule has 0 radical (unpaired) electrons. The Hall–Kier alpha value is -2.99. The third kappa shape index (κ3) is 6.82. The Kier molecular flexibility index (Phi) is 9.07. The average molecular weight is 521 g/mol. The molecule has 0 aromatic heterocycles. The second-order valence-corrected chi connectivity index (χ2v) is 11.5. The first-order valence-corrected chi connectivity index (χ1v) is 13.8. The Balaban J connectivity index is 1.67. The molecule has 2 heterocycles. The number of benzene rings is 1. The van der Waals surface area contributed by atoms with E-state index in [-0.39, 0.29) is 29.1 Å². The molecule has 3 rings (SSSR count). The van der Waals surface area contributed by atoms with Crippen molar-refractivity contribution in [1.29, 1.82) is 5.41 Å². The Labute approximate surface area is 212 Å². The molecule has 2 fully saturated rings. The van der Waals surface area contributed by atoms with Crippen LogP contribution in [0.1, 0.15) is 46.0 Å². The number of amides is 3. The van der Waals surface area contributed by atoms with Crippen LogP contribution < -0.4 is 15.8 Å². The van der Waals surface area contributed by atoms with Crippen molar-refractivity contribution in [2.24, 2.45) is 17.6 Å². The largest absolute Gasteiger partial charge is 0.370 e. The lowest BCUT2D eigenvalue weighted by Gasteiger charge is -2.32. The third-order valence-corrected chi connectivity index (χ3v) is 8.14. The van der Waals surface area contributed by atoms with Gasteiger partial charge in [0, 0.05) is 25.6 Å². The van der Waals surface area contributed by atoms with E-state index in [1.807, 2.05) is 13.8 Å². The van der Waals surface area contributed by atoms with Crippen molar-refractivity contribution in [3.8, 4) is 0 Å². The van der Waals surface area contributed by atoms with Crippen LogP contribution in [0.4, 0.5) is 0 Å². The van der Waals surface area contributed by atoms with Crippen molar-refractivity contribution in [1.82, 2.24) is 19.8 Å². The van der Waals surface area contributed by atoms with Gasteiger partial charge in [-0.05, 0) is 50.2 Å². The Morgan fingerprint density at radius 1 is 1.06 bits per heavy atom. The van der Waals surface area contributed by atoms with Crippen LogP contribution in [0.15, 0.2) is 35.2 Å². The number of rotatable bonds is 8. The number of nitrogens with two attached hydrogens (primary N) is 1. The smallest absolute Gasteiger partial charge is 0.249 e. The van der Waals surface area contributed by atoms with Crippen molar-refractivity contribution in [2.45, 2.75) is 62.9 Å². The Morgan fingerprint density at radius 2 is 1.69 bits per heavy atom. The molecule has 12 heteroatoms. The fourth-order valence-corrected chi connectivity index (χ4v) is 5.94. The highest BCUT2D eigenvalue weighted by atomic mass is 32.2. The molecule has 0 bridgehead atoms. The van der Waals surface area contributed by atoms with Gasteiger partial charge in [-0.2, -0.15) is 4.72 Å². The lowest BCUT2D eigenvalue weighted by molar-refractivity contribution is -0.143. The number of likely N-dealkylation sites (tertiary alicyclic amines) is 2. The molecule has 198 valence electrons. The second kappa shape index (κ2) is 11.8. The fourth-order valence-electron chi connectivity index (χ4n) is 4.72.